The van der Waals surface area contributed by atoms with Gasteiger partial charge in [0.1, 0.15) is 0 Å². The fourth-order valence-electron chi connectivity index (χ4n) is 0.898. The highest BCUT2D eigenvalue weighted by molar-refractivity contribution is 7.92. The number of nitrogens with one attached hydrogen (secondary N) is 1. The molecule has 1 aromatic rings. The van der Waals surface area contributed by atoms with Gasteiger partial charge in [0.05, 0.1) is 19.6 Å². The molecule has 0 heterocycles. The Morgan fingerprint density at radius 1 is 1.46 bits per heavy atom. The Kier molecular flexibility index (Phi) is 3.22. The van der Waals surface area contributed by atoms with Crippen molar-refractivity contribution in [1.82, 2.24) is 0 Å². The normalized spacial score (nSPS) is 15.3. The van der Waals surface area contributed by atoms with Crippen LogP contribution in [-0.4, -0.2) is 9.96 Å². The van der Waals surface area contributed by atoms with Gasteiger partial charge in [-0.15, -0.1) is 0 Å². The number of benzene rings is 1. The van der Waals surface area contributed by atoms with Crippen molar-refractivity contribution in [3.05, 3.63) is 28.2 Å². The highest BCUT2D eigenvalue weighted by atomic mass is 35.5. The lowest BCUT2D eigenvalue weighted by atomic mass is 10.4. The zero-order chi connectivity index (χ0) is 10.1. The molecule has 0 unspecified atom stereocenters. The van der Waals surface area contributed by atoms with Crippen molar-refractivity contribution in [2.75, 3.05) is 5.75 Å². The van der Waals surface area contributed by atoms with Gasteiger partial charge in [-0.3, -0.25) is 0 Å². The van der Waals surface area contributed by atoms with Crippen molar-refractivity contribution in [3.63, 3.8) is 0 Å². The molecule has 13 heavy (non-hydrogen) atoms. The first kappa shape index (κ1) is 10.8. The van der Waals surface area contributed by atoms with Crippen LogP contribution in [0.25, 0.3) is 0 Å². The summed E-state index contributed by atoms with van der Waals surface area (Å²) in [7, 11) is -2.74. The minimum absolute atomic E-state index is 0.258. The molecular weight excluding hydrogens is 229 g/mol. The molecule has 0 aromatic heterocycles. The van der Waals surface area contributed by atoms with Crippen LogP contribution < -0.4 is 0 Å². The van der Waals surface area contributed by atoms with E-state index in [1.807, 2.05) is 0 Å². The van der Waals surface area contributed by atoms with E-state index in [1.54, 1.807) is 19.1 Å². The zero-order valence-corrected chi connectivity index (χ0v) is 9.34. The first-order chi connectivity index (χ1) is 5.97. The largest absolute Gasteiger partial charge is 0.249 e. The summed E-state index contributed by atoms with van der Waals surface area (Å²) in [5, 5.41) is 0.786. The topological polar surface area (TPSA) is 40.9 Å². The molecule has 0 fully saturated rings. The molecule has 0 saturated heterocycles. The molecule has 0 saturated carbocycles. The van der Waals surface area contributed by atoms with Gasteiger partial charge in [-0.1, -0.05) is 30.1 Å². The number of hydrogen-bond acceptors (Lipinski definition) is 2. The summed E-state index contributed by atoms with van der Waals surface area (Å²) < 4.78 is 19.2. The van der Waals surface area contributed by atoms with Gasteiger partial charge in [-0.05, 0) is 18.2 Å². The van der Waals surface area contributed by atoms with Crippen molar-refractivity contribution in [1.29, 1.82) is 4.78 Å². The highest BCUT2D eigenvalue weighted by Gasteiger charge is 2.11. The van der Waals surface area contributed by atoms with Crippen molar-refractivity contribution in [3.8, 4) is 0 Å². The second-order valence-corrected chi connectivity index (χ2v) is 5.75. The highest BCUT2D eigenvalue weighted by Crippen LogP contribution is 2.25. The fourth-order valence-corrected chi connectivity index (χ4v) is 2.65. The fraction of sp³-hybridized carbons (Fsp3) is 0.250. The SMILES string of the molecule is CC[S@](=N)(=O)c1ccc(Cl)cc1Cl. The molecule has 0 aliphatic carbocycles. The summed E-state index contributed by atoms with van der Waals surface area (Å²) in [4.78, 5) is 0.362. The quantitative estimate of drug-likeness (QED) is 0.842. The maximum absolute atomic E-state index is 11.6. The molecule has 1 rings (SSSR count). The molecule has 1 N–H and O–H groups in total. The molecular formula is C8H9Cl2NOS. The standard InChI is InChI=1S/C8H9Cl2NOS/c1-2-13(11,12)8-4-3-6(9)5-7(8)10/h3-5,11H,2H2,1H3/t13-/m0/s1. The summed E-state index contributed by atoms with van der Waals surface area (Å²) in [6, 6.07) is 4.64. The maximum atomic E-state index is 11.6. The first-order valence-corrected chi connectivity index (χ1v) is 6.17. The molecule has 0 bridgehead atoms. The van der Waals surface area contributed by atoms with Crippen LogP contribution in [0.3, 0.4) is 0 Å². The Labute approximate surface area is 87.8 Å². The Bertz CT molecular complexity index is 414. The van der Waals surface area contributed by atoms with Gasteiger partial charge in [0.2, 0.25) is 0 Å². The van der Waals surface area contributed by atoms with Crippen LogP contribution in [0.4, 0.5) is 0 Å². The molecule has 0 aliphatic rings. The van der Waals surface area contributed by atoms with Crippen molar-refractivity contribution >= 4 is 32.9 Å². The summed E-state index contributed by atoms with van der Waals surface area (Å²) in [5.41, 5.74) is 0. The second kappa shape index (κ2) is 3.86. The van der Waals surface area contributed by atoms with Crippen molar-refractivity contribution in [2.45, 2.75) is 11.8 Å². The maximum Gasteiger partial charge on any atom is 0.0738 e. The Morgan fingerprint density at radius 3 is 2.54 bits per heavy atom. The van der Waals surface area contributed by atoms with Crippen LogP contribution in [0.2, 0.25) is 10.0 Å². The van der Waals surface area contributed by atoms with Crippen LogP contribution in [0.5, 0.6) is 0 Å². The van der Waals surface area contributed by atoms with Crippen molar-refractivity contribution < 1.29 is 4.21 Å². The van der Waals surface area contributed by atoms with Crippen LogP contribution in [0.15, 0.2) is 23.1 Å². The number of hydrogen-bond donors (Lipinski definition) is 1. The first-order valence-electron chi connectivity index (χ1n) is 3.69. The third-order valence-electron chi connectivity index (χ3n) is 1.66. The molecule has 2 nitrogen and oxygen atoms in total. The van der Waals surface area contributed by atoms with Gasteiger partial charge >= 0.3 is 0 Å². The summed E-state index contributed by atoms with van der Waals surface area (Å²) in [5.74, 6) is 0.258. The van der Waals surface area contributed by atoms with Crippen LogP contribution >= 0.6 is 23.2 Å². The van der Waals surface area contributed by atoms with E-state index in [1.165, 1.54) is 6.07 Å². The molecule has 1 atom stereocenters. The lowest BCUT2D eigenvalue weighted by Crippen LogP contribution is -2.01. The van der Waals surface area contributed by atoms with Crippen molar-refractivity contribution in [2.24, 2.45) is 0 Å². The predicted molar refractivity (Wildman–Crippen MR) is 56.1 cm³/mol. The third kappa shape index (κ3) is 2.36. The smallest absolute Gasteiger partial charge is 0.0738 e. The predicted octanol–water partition coefficient (Wildman–Crippen LogP) is 3.42. The van der Waals surface area contributed by atoms with E-state index in [4.69, 9.17) is 28.0 Å². The van der Waals surface area contributed by atoms with E-state index in [2.05, 4.69) is 0 Å². The van der Waals surface area contributed by atoms with E-state index in [0.717, 1.165) is 0 Å². The van der Waals surface area contributed by atoms with Crippen LogP contribution in [-0.2, 0) is 9.73 Å². The lowest BCUT2D eigenvalue weighted by Gasteiger charge is -2.06. The Morgan fingerprint density at radius 2 is 2.08 bits per heavy atom. The summed E-state index contributed by atoms with van der Waals surface area (Å²) in [6.45, 7) is 1.69. The molecule has 72 valence electrons. The summed E-state index contributed by atoms with van der Waals surface area (Å²) in [6.07, 6.45) is 0. The van der Waals surface area contributed by atoms with E-state index >= 15 is 0 Å². The van der Waals surface area contributed by atoms with Crippen LogP contribution in [0.1, 0.15) is 6.92 Å². The van der Waals surface area contributed by atoms with E-state index in [-0.39, 0.29) is 5.75 Å². The number of rotatable bonds is 2. The van der Waals surface area contributed by atoms with E-state index < -0.39 is 9.73 Å². The van der Waals surface area contributed by atoms with Gasteiger partial charge < -0.3 is 0 Å². The molecule has 0 amide bonds. The second-order valence-electron chi connectivity index (χ2n) is 2.54. The third-order valence-corrected chi connectivity index (χ3v) is 4.20. The van der Waals surface area contributed by atoms with E-state index in [0.29, 0.717) is 14.9 Å². The van der Waals surface area contributed by atoms with E-state index in [9.17, 15) is 4.21 Å². The zero-order valence-electron chi connectivity index (χ0n) is 7.01. The minimum atomic E-state index is -2.74. The van der Waals surface area contributed by atoms with Gasteiger partial charge in [-0.2, -0.15) is 0 Å². The van der Waals surface area contributed by atoms with Gasteiger partial charge in [0, 0.05) is 10.8 Å². The van der Waals surface area contributed by atoms with Gasteiger partial charge in [0.25, 0.3) is 0 Å². The Hall–Kier alpha value is -0.250. The molecule has 1 aromatic carbocycles. The van der Waals surface area contributed by atoms with Gasteiger partial charge in [-0.25, -0.2) is 8.99 Å². The molecule has 5 heteroatoms. The monoisotopic (exact) mass is 237 g/mol. The number of halogens is 2. The molecule has 0 radical (unpaired) electrons. The van der Waals surface area contributed by atoms with Gasteiger partial charge in [0.15, 0.2) is 0 Å². The average Bonchev–Trinajstić information content (AvgIpc) is 2.03. The molecule has 0 spiro atoms. The molecule has 0 aliphatic heterocycles. The summed E-state index contributed by atoms with van der Waals surface area (Å²) >= 11 is 11.5. The average molecular weight is 238 g/mol. The minimum Gasteiger partial charge on any atom is -0.249 e. The van der Waals surface area contributed by atoms with Crippen LogP contribution in [0, 0.1) is 4.78 Å². The Balaban J connectivity index is 3.33. The lowest BCUT2D eigenvalue weighted by molar-refractivity contribution is 0.675.